The van der Waals surface area contributed by atoms with Gasteiger partial charge in [-0.3, -0.25) is 14.9 Å². The van der Waals surface area contributed by atoms with E-state index in [1.807, 2.05) is 31.2 Å². The lowest BCUT2D eigenvalue weighted by atomic mass is 10.1. The van der Waals surface area contributed by atoms with E-state index < -0.39 is 10.8 Å². The Morgan fingerprint density at radius 2 is 1.84 bits per heavy atom. The summed E-state index contributed by atoms with van der Waals surface area (Å²) in [4.78, 5) is 23.1. The first kappa shape index (κ1) is 22.3. The fourth-order valence-corrected chi connectivity index (χ4v) is 2.80. The van der Waals surface area contributed by atoms with Gasteiger partial charge in [0.2, 0.25) is 5.75 Å². The molecule has 2 N–H and O–H groups in total. The second kappa shape index (κ2) is 10.1. The fraction of sp³-hybridized carbons (Fsp3) is 0.130. The first-order valence-corrected chi connectivity index (χ1v) is 9.54. The van der Waals surface area contributed by atoms with Gasteiger partial charge in [0, 0.05) is 17.2 Å². The second-order valence-electron chi connectivity index (χ2n) is 6.85. The number of carbonyl (C=O) groups is 1. The van der Waals surface area contributed by atoms with Gasteiger partial charge in [-0.2, -0.15) is 5.10 Å². The Balaban J connectivity index is 1.78. The van der Waals surface area contributed by atoms with Crippen molar-refractivity contribution in [2.75, 3.05) is 7.11 Å². The maximum absolute atomic E-state index is 12.1. The molecule has 1 amide bonds. The number of aromatic hydroxyl groups is 1. The van der Waals surface area contributed by atoms with Crippen LogP contribution in [0.25, 0.3) is 0 Å². The van der Waals surface area contributed by atoms with E-state index in [4.69, 9.17) is 9.47 Å². The molecule has 0 heterocycles. The number of nitro groups is 1. The predicted molar refractivity (Wildman–Crippen MR) is 118 cm³/mol. The SMILES string of the molecule is COc1cc(/C=N\NC(=O)c2ccc(O)cc2)cc([N+](=O)[O-])c1OCc1ccc(C)cc1. The zero-order chi connectivity index (χ0) is 23.1. The molecule has 0 aromatic heterocycles. The molecule has 0 atom stereocenters. The molecule has 9 heteroatoms. The van der Waals surface area contributed by atoms with Crippen molar-refractivity contribution in [3.05, 3.63) is 93.0 Å². The summed E-state index contributed by atoms with van der Waals surface area (Å²) in [7, 11) is 1.38. The van der Waals surface area contributed by atoms with Crippen molar-refractivity contribution < 1.29 is 24.3 Å². The van der Waals surface area contributed by atoms with Crippen LogP contribution in [0.3, 0.4) is 0 Å². The largest absolute Gasteiger partial charge is 0.508 e. The third-order valence-corrected chi connectivity index (χ3v) is 4.49. The van der Waals surface area contributed by atoms with Crippen LogP contribution in [0.4, 0.5) is 5.69 Å². The van der Waals surface area contributed by atoms with Crippen LogP contribution in [0.2, 0.25) is 0 Å². The topological polar surface area (TPSA) is 123 Å². The number of phenolic OH excluding ortho intramolecular Hbond substituents is 1. The monoisotopic (exact) mass is 435 g/mol. The van der Waals surface area contributed by atoms with Crippen LogP contribution in [0.1, 0.15) is 27.0 Å². The van der Waals surface area contributed by atoms with Gasteiger partial charge in [-0.15, -0.1) is 0 Å². The summed E-state index contributed by atoms with van der Waals surface area (Å²) in [5, 5.41) is 24.8. The van der Waals surface area contributed by atoms with Gasteiger partial charge in [-0.25, -0.2) is 5.43 Å². The highest BCUT2D eigenvalue weighted by Gasteiger charge is 2.22. The van der Waals surface area contributed by atoms with Crippen LogP contribution < -0.4 is 14.9 Å². The molecule has 0 aliphatic heterocycles. The van der Waals surface area contributed by atoms with Crippen LogP contribution in [-0.4, -0.2) is 29.3 Å². The van der Waals surface area contributed by atoms with E-state index in [2.05, 4.69) is 10.5 Å². The third kappa shape index (κ3) is 5.60. The highest BCUT2D eigenvalue weighted by atomic mass is 16.6. The van der Waals surface area contributed by atoms with Gasteiger partial charge in [0.25, 0.3) is 5.91 Å². The van der Waals surface area contributed by atoms with Crippen molar-refractivity contribution in [2.45, 2.75) is 13.5 Å². The van der Waals surface area contributed by atoms with Crippen LogP contribution in [0.5, 0.6) is 17.2 Å². The number of hydrazone groups is 1. The number of carbonyl (C=O) groups excluding carboxylic acids is 1. The lowest BCUT2D eigenvalue weighted by Crippen LogP contribution is -2.17. The number of nitro benzene ring substituents is 1. The molecule has 9 nitrogen and oxygen atoms in total. The summed E-state index contributed by atoms with van der Waals surface area (Å²) in [6.07, 6.45) is 1.26. The van der Waals surface area contributed by atoms with Crippen molar-refractivity contribution in [2.24, 2.45) is 5.10 Å². The van der Waals surface area contributed by atoms with Crippen LogP contribution >= 0.6 is 0 Å². The van der Waals surface area contributed by atoms with Crippen LogP contribution in [0, 0.1) is 17.0 Å². The molecule has 0 fully saturated rings. The van der Waals surface area contributed by atoms with Crippen molar-refractivity contribution >= 4 is 17.8 Å². The first-order chi connectivity index (χ1) is 15.4. The van der Waals surface area contributed by atoms with Crippen molar-refractivity contribution in [1.29, 1.82) is 0 Å². The summed E-state index contributed by atoms with van der Waals surface area (Å²) in [5.41, 5.74) is 4.62. The quantitative estimate of drug-likeness (QED) is 0.314. The number of amides is 1. The van der Waals surface area contributed by atoms with Gasteiger partial charge in [-0.05, 0) is 42.8 Å². The smallest absolute Gasteiger partial charge is 0.315 e. The van der Waals surface area contributed by atoms with E-state index in [1.54, 1.807) is 0 Å². The average molecular weight is 435 g/mol. The van der Waals surface area contributed by atoms with E-state index in [0.29, 0.717) is 11.1 Å². The minimum absolute atomic E-state index is 0.00311. The lowest BCUT2D eigenvalue weighted by molar-refractivity contribution is -0.386. The van der Waals surface area contributed by atoms with Crippen molar-refractivity contribution in [3.8, 4) is 17.2 Å². The van der Waals surface area contributed by atoms with E-state index >= 15 is 0 Å². The Morgan fingerprint density at radius 3 is 2.47 bits per heavy atom. The van der Waals surface area contributed by atoms with Gasteiger partial charge >= 0.3 is 5.69 Å². The van der Waals surface area contributed by atoms with Gasteiger partial charge in [0.1, 0.15) is 12.4 Å². The number of methoxy groups -OCH3 is 1. The Morgan fingerprint density at radius 1 is 1.16 bits per heavy atom. The number of ether oxygens (including phenoxy) is 2. The number of aryl methyl sites for hydroxylation is 1. The molecular weight excluding hydrogens is 414 g/mol. The van der Waals surface area contributed by atoms with Gasteiger partial charge in [0.15, 0.2) is 5.75 Å². The molecule has 0 radical (unpaired) electrons. The minimum Gasteiger partial charge on any atom is -0.508 e. The fourth-order valence-electron chi connectivity index (χ4n) is 2.80. The lowest BCUT2D eigenvalue weighted by Gasteiger charge is -2.12. The molecule has 3 rings (SSSR count). The van der Waals surface area contributed by atoms with Gasteiger partial charge in [0.05, 0.1) is 18.2 Å². The maximum atomic E-state index is 12.1. The first-order valence-electron chi connectivity index (χ1n) is 9.54. The zero-order valence-corrected chi connectivity index (χ0v) is 17.4. The molecule has 0 spiro atoms. The Labute approximate surface area is 184 Å². The molecule has 3 aromatic rings. The van der Waals surface area contributed by atoms with Gasteiger partial charge in [-0.1, -0.05) is 29.8 Å². The second-order valence-corrected chi connectivity index (χ2v) is 6.85. The summed E-state index contributed by atoms with van der Waals surface area (Å²) in [6, 6.07) is 16.0. The third-order valence-electron chi connectivity index (χ3n) is 4.49. The molecule has 0 saturated heterocycles. The van der Waals surface area contributed by atoms with E-state index in [-0.39, 0.29) is 29.5 Å². The number of rotatable bonds is 8. The number of benzene rings is 3. The molecule has 32 heavy (non-hydrogen) atoms. The molecule has 0 unspecified atom stereocenters. The summed E-state index contributed by atoms with van der Waals surface area (Å²) < 4.78 is 11.0. The summed E-state index contributed by atoms with van der Waals surface area (Å²) >= 11 is 0. The number of phenols is 1. The average Bonchev–Trinajstić information content (AvgIpc) is 2.78. The molecule has 164 valence electrons. The molecule has 0 aliphatic carbocycles. The zero-order valence-electron chi connectivity index (χ0n) is 17.4. The molecule has 3 aromatic carbocycles. The van der Waals surface area contributed by atoms with Crippen molar-refractivity contribution in [1.82, 2.24) is 5.43 Å². The molecule has 0 aliphatic rings. The normalized spacial score (nSPS) is 10.7. The van der Waals surface area contributed by atoms with E-state index in [1.165, 1.54) is 49.7 Å². The molecular formula is C23H21N3O6. The maximum Gasteiger partial charge on any atom is 0.315 e. The number of nitrogens with one attached hydrogen (secondary N) is 1. The summed E-state index contributed by atoms with van der Waals surface area (Å²) in [5.74, 6) is -0.295. The van der Waals surface area contributed by atoms with Gasteiger partial charge < -0.3 is 14.6 Å². The Bertz CT molecular complexity index is 1140. The highest BCUT2D eigenvalue weighted by molar-refractivity contribution is 5.95. The number of hydrogen-bond donors (Lipinski definition) is 2. The number of hydrogen-bond acceptors (Lipinski definition) is 7. The molecule has 0 bridgehead atoms. The number of nitrogens with zero attached hydrogens (tertiary/aromatic N) is 2. The Kier molecular flexibility index (Phi) is 7.02. The van der Waals surface area contributed by atoms with Crippen LogP contribution in [-0.2, 0) is 6.61 Å². The predicted octanol–water partition coefficient (Wildman–Crippen LogP) is 3.96. The minimum atomic E-state index is -0.570. The highest BCUT2D eigenvalue weighted by Crippen LogP contribution is 2.38. The Hall–Kier alpha value is -4.40. The standard InChI is InChI=1S/C23H21N3O6/c1-15-3-5-16(6-4-15)14-32-22-20(26(29)30)11-17(12-21(22)31-2)13-24-25-23(28)18-7-9-19(27)10-8-18/h3-13,27H,14H2,1-2H3,(H,25,28)/b24-13-. The van der Waals surface area contributed by atoms with E-state index in [9.17, 15) is 20.0 Å². The van der Waals surface area contributed by atoms with Crippen LogP contribution in [0.15, 0.2) is 65.8 Å². The summed E-state index contributed by atoms with van der Waals surface area (Å²) in [6.45, 7) is 2.10. The van der Waals surface area contributed by atoms with E-state index in [0.717, 1.165) is 11.1 Å². The molecule has 0 saturated carbocycles. The van der Waals surface area contributed by atoms with Crippen molar-refractivity contribution in [3.63, 3.8) is 0 Å².